The van der Waals surface area contributed by atoms with E-state index in [1.807, 2.05) is 0 Å². The van der Waals surface area contributed by atoms with Gasteiger partial charge in [-0.2, -0.15) is 0 Å². The zero-order valence-corrected chi connectivity index (χ0v) is 7.84. The molecule has 1 atom stereocenters. The van der Waals surface area contributed by atoms with Crippen LogP contribution in [0.4, 0.5) is 36.6 Å². The standard InChI is InChI=1S/C6H12O.4F2/c1-6-3-2-4-7-5-6;4*1-2/h6H,2-5H2,1H3;;;;/t6-;;;;/m0..../s1. The van der Waals surface area contributed by atoms with Crippen molar-refractivity contribution in [3.8, 4) is 0 Å². The first-order valence-corrected chi connectivity index (χ1v) is 3.54. The van der Waals surface area contributed by atoms with Crippen LogP contribution in [0.2, 0.25) is 0 Å². The Morgan fingerprint density at radius 1 is 0.867 bits per heavy atom. The Morgan fingerprint density at radius 2 is 1.27 bits per heavy atom. The molecular weight excluding hydrogens is 240 g/mol. The fraction of sp³-hybridized carbons (Fsp3) is 1.00. The summed E-state index contributed by atoms with van der Waals surface area (Å²) in [5, 5.41) is 0. The molecule has 1 aliphatic heterocycles. The summed E-state index contributed by atoms with van der Waals surface area (Å²) in [4.78, 5) is 0. The van der Waals surface area contributed by atoms with Crippen molar-refractivity contribution in [3.63, 3.8) is 0 Å². The molecule has 1 nitrogen and oxygen atoms in total. The minimum atomic E-state index is 0.814. The summed E-state index contributed by atoms with van der Waals surface area (Å²) in [6.45, 7) is 4.21. The normalized spacial score (nSPS) is 17.0. The van der Waals surface area contributed by atoms with E-state index in [1.165, 1.54) is 12.8 Å². The van der Waals surface area contributed by atoms with E-state index in [-0.39, 0.29) is 0 Å². The highest BCUT2D eigenvalue weighted by molar-refractivity contribution is 4.55. The van der Waals surface area contributed by atoms with Crippen LogP contribution in [-0.4, -0.2) is 13.2 Å². The average Bonchev–Trinajstić information content (AvgIpc) is 2.40. The molecule has 0 saturated carbocycles. The zero-order chi connectivity index (χ0) is 13.1. The molecule has 0 aromatic carbocycles. The summed E-state index contributed by atoms with van der Waals surface area (Å²) in [6.07, 6.45) is 2.63. The van der Waals surface area contributed by atoms with Gasteiger partial charge >= 0.3 is 0 Å². The molecule has 0 N–H and O–H groups in total. The van der Waals surface area contributed by atoms with E-state index >= 15 is 0 Å². The van der Waals surface area contributed by atoms with Gasteiger partial charge in [-0.15, -0.1) is 0 Å². The Morgan fingerprint density at radius 3 is 1.40 bits per heavy atom. The van der Waals surface area contributed by atoms with Crippen LogP contribution in [0, 0.1) is 5.92 Å². The lowest BCUT2D eigenvalue weighted by Gasteiger charge is -2.16. The molecule has 0 aliphatic carbocycles. The highest BCUT2D eigenvalue weighted by atomic mass is 20.0. The first kappa shape index (κ1) is 23.9. The lowest BCUT2D eigenvalue weighted by atomic mass is 10.1. The van der Waals surface area contributed by atoms with Crippen LogP contribution in [0.15, 0.2) is 0 Å². The second-order valence-corrected chi connectivity index (χ2v) is 2.32. The number of ether oxygens (including phenoxy) is 1. The Hall–Kier alpha value is -0.600. The molecule has 1 heterocycles. The molecular formula is C6H12F8O. The van der Waals surface area contributed by atoms with Crippen molar-refractivity contribution in [2.24, 2.45) is 5.92 Å². The van der Waals surface area contributed by atoms with Crippen molar-refractivity contribution in [1.29, 1.82) is 0 Å². The molecule has 1 aliphatic rings. The molecule has 9 heteroatoms. The minimum absolute atomic E-state index is 0.814. The van der Waals surface area contributed by atoms with Crippen LogP contribution in [0.3, 0.4) is 0 Å². The van der Waals surface area contributed by atoms with E-state index in [2.05, 4.69) is 6.92 Å². The van der Waals surface area contributed by atoms with E-state index in [0.29, 0.717) is 0 Å². The summed E-state index contributed by atoms with van der Waals surface area (Å²) >= 11 is 0. The summed E-state index contributed by atoms with van der Waals surface area (Å²) in [5.41, 5.74) is 0. The average molecular weight is 252 g/mol. The van der Waals surface area contributed by atoms with Crippen LogP contribution >= 0.6 is 0 Å². The first-order chi connectivity index (χ1) is 7.39. The van der Waals surface area contributed by atoms with Gasteiger partial charge < -0.3 is 4.74 Å². The number of halogens is 8. The van der Waals surface area contributed by atoms with Gasteiger partial charge in [0.2, 0.25) is 0 Å². The maximum absolute atomic E-state index is 8.00. The van der Waals surface area contributed by atoms with Crippen molar-refractivity contribution < 1.29 is 41.3 Å². The SMILES string of the molecule is C[C@H]1CCCOC1.FF.FF.FF.FF. The van der Waals surface area contributed by atoms with Crippen molar-refractivity contribution in [2.45, 2.75) is 19.8 Å². The van der Waals surface area contributed by atoms with Gasteiger partial charge in [-0.25, -0.2) is 0 Å². The summed E-state index contributed by atoms with van der Waals surface area (Å²) in [6, 6.07) is 0. The van der Waals surface area contributed by atoms with Gasteiger partial charge in [0.25, 0.3) is 0 Å². The monoisotopic (exact) mass is 252 g/mol. The molecule has 98 valence electrons. The lowest BCUT2D eigenvalue weighted by Crippen LogP contribution is -2.13. The van der Waals surface area contributed by atoms with E-state index in [1.54, 1.807) is 0 Å². The fourth-order valence-electron chi connectivity index (χ4n) is 0.902. The largest absolute Gasteiger partial charge is 0.381 e. The molecule has 15 heavy (non-hydrogen) atoms. The van der Waals surface area contributed by atoms with Crippen molar-refractivity contribution in [2.75, 3.05) is 13.2 Å². The zero-order valence-electron chi connectivity index (χ0n) is 7.84. The van der Waals surface area contributed by atoms with E-state index in [9.17, 15) is 0 Å². The third-order valence-corrected chi connectivity index (χ3v) is 1.39. The topological polar surface area (TPSA) is 9.23 Å². The van der Waals surface area contributed by atoms with E-state index in [0.717, 1.165) is 19.1 Å². The van der Waals surface area contributed by atoms with Gasteiger partial charge in [-0.1, -0.05) is 6.92 Å². The first-order valence-electron chi connectivity index (χ1n) is 3.54. The predicted molar refractivity (Wildman–Crippen MR) is 38.1 cm³/mol. The van der Waals surface area contributed by atoms with Crippen LogP contribution in [0.1, 0.15) is 19.8 Å². The predicted octanol–water partition coefficient (Wildman–Crippen LogP) is 4.79. The molecule has 0 aromatic heterocycles. The van der Waals surface area contributed by atoms with E-state index < -0.39 is 0 Å². The van der Waals surface area contributed by atoms with Crippen molar-refractivity contribution in [1.82, 2.24) is 0 Å². The summed E-state index contributed by atoms with van der Waals surface area (Å²) in [7, 11) is 0. The van der Waals surface area contributed by atoms with Crippen LogP contribution in [0.5, 0.6) is 0 Å². The Balaban J connectivity index is -0.0000000650. The Labute approximate surface area is 81.5 Å². The van der Waals surface area contributed by atoms with Crippen molar-refractivity contribution in [3.05, 3.63) is 0 Å². The molecule has 1 rings (SSSR count). The molecule has 1 fully saturated rings. The van der Waals surface area contributed by atoms with Crippen LogP contribution < -0.4 is 0 Å². The molecule has 1 saturated heterocycles. The quantitative estimate of drug-likeness (QED) is 0.563. The van der Waals surface area contributed by atoms with Gasteiger partial charge in [-0.05, 0) is 18.8 Å². The Bertz CT molecular complexity index is 61.1. The number of hydrogen-bond acceptors (Lipinski definition) is 1. The molecule has 0 radical (unpaired) electrons. The van der Waals surface area contributed by atoms with Gasteiger partial charge in [0.1, 0.15) is 0 Å². The summed E-state index contributed by atoms with van der Waals surface area (Å²) < 4.78 is 69.2. The van der Waals surface area contributed by atoms with Gasteiger partial charge in [0.05, 0.1) is 0 Å². The second-order valence-electron chi connectivity index (χ2n) is 2.32. The number of hydrogen-bond donors (Lipinski definition) is 0. The minimum Gasteiger partial charge on any atom is -0.381 e. The molecule has 0 amide bonds. The Kier molecular flexibility index (Phi) is 60.0. The van der Waals surface area contributed by atoms with E-state index in [4.69, 9.17) is 41.3 Å². The summed E-state index contributed by atoms with van der Waals surface area (Å²) in [5.74, 6) is 0.814. The maximum Gasteiger partial charge on any atom is 0.0491 e. The highest BCUT2D eigenvalue weighted by Crippen LogP contribution is 2.10. The highest BCUT2D eigenvalue weighted by Gasteiger charge is 2.06. The third kappa shape index (κ3) is 31.8. The van der Waals surface area contributed by atoms with Gasteiger partial charge in [-0.3, -0.25) is 0 Å². The van der Waals surface area contributed by atoms with Gasteiger partial charge in [0.15, 0.2) is 0 Å². The van der Waals surface area contributed by atoms with Crippen LogP contribution in [0.25, 0.3) is 0 Å². The fourth-order valence-corrected chi connectivity index (χ4v) is 0.902. The molecule has 0 spiro atoms. The lowest BCUT2D eigenvalue weighted by molar-refractivity contribution is 0.0616. The third-order valence-electron chi connectivity index (χ3n) is 1.39. The second kappa shape index (κ2) is 37.6. The molecule has 0 bridgehead atoms. The van der Waals surface area contributed by atoms with Crippen molar-refractivity contribution >= 4 is 0 Å². The molecule has 0 unspecified atom stereocenters. The van der Waals surface area contributed by atoms with Gasteiger partial charge in [0, 0.05) is 49.8 Å². The smallest absolute Gasteiger partial charge is 0.0491 e. The number of rotatable bonds is 0. The van der Waals surface area contributed by atoms with Crippen LogP contribution in [-0.2, 0) is 4.74 Å². The maximum atomic E-state index is 8.00. The molecule has 0 aromatic rings.